The molecule has 0 atom stereocenters. The van der Waals surface area contributed by atoms with Crippen LogP contribution in [0.25, 0.3) is 0 Å². The summed E-state index contributed by atoms with van der Waals surface area (Å²) in [6.07, 6.45) is 0. The average Bonchev–Trinajstić information content (AvgIpc) is 2.77. The lowest BCUT2D eigenvalue weighted by molar-refractivity contribution is 0.322. The van der Waals surface area contributed by atoms with Gasteiger partial charge in [0.05, 0.1) is 21.3 Å². The lowest BCUT2D eigenvalue weighted by Gasteiger charge is -2.24. The fourth-order valence-corrected chi connectivity index (χ4v) is 3.31. The van der Waals surface area contributed by atoms with Crippen LogP contribution in [0.1, 0.15) is 18.1 Å². The zero-order valence-electron chi connectivity index (χ0n) is 18.9. The van der Waals surface area contributed by atoms with Crippen molar-refractivity contribution in [2.24, 2.45) is 4.99 Å². The lowest BCUT2D eigenvalue weighted by Crippen LogP contribution is -2.41. The molecule has 0 fully saturated rings. The van der Waals surface area contributed by atoms with Crippen molar-refractivity contribution < 1.29 is 14.2 Å². The van der Waals surface area contributed by atoms with E-state index in [2.05, 4.69) is 58.6 Å². The first-order chi connectivity index (χ1) is 14.6. The third-order valence-corrected chi connectivity index (χ3v) is 4.88. The molecule has 0 aromatic heterocycles. The van der Waals surface area contributed by atoms with Crippen LogP contribution in [0.5, 0.6) is 17.2 Å². The van der Waals surface area contributed by atoms with Gasteiger partial charge in [0.15, 0.2) is 17.5 Å². The highest BCUT2D eigenvalue weighted by molar-refractivity contribution is 5.79. The largest absolute Gasteiger partial charge is 0.493 e. The van der Waals surface area contributed by atoms with E-state index in [1.807, 2.05) is 12.1 Å². The van der Waals surface area contributed by atoms with Crippen LogP contribution in [0.3, 0.4) is 0 Å². The summed E-state index contributed by atoms with van der Waals surface area (Å²) in [7, 11) is 6.60. The summed E-state index contributed by atoms with van der Waals surface area (Å²) in [4.78, 5) is 6.66. The standard InChI is InChI=1S/C23H34N4O3/c1-7-27(19-10-8-9-17(2)15-19)14-13-25-23(24-3)26-16-18-11-12-20(28-4)22(30-6)21(18)29-5/h8-12,15H,7,13-14,16H2,1-6H3,(H2,24,25,26). The first-order valence-electron chi connectivity index (χ1n) is 10.1. The monoisotopic (exact) mass is 414 g/mol. The van der Waals surface area contributed by atoms with Crippen molar-refractivity contribution in [1.82, 2.24) is 10.6 Å². The highest BCUT2D eigenvalue weighted by Crippen LogP contribution is 2.39. The summed E-state index contributed by atoms with van der Waals surface area (Å²) in [5, 5.41) is 6.71. The molecule has 2 aromatic rings. The molecule has 2 aromatic carbocycles. The van der Waals surface area contributed by atoms with Gasteiger partial charge in [-0.2, -0.15) is 0 Å². The average molecular weight is 415 g/mol. The van der Waals surface area contributed by atoms with E-state index in [1.54, 1.807) is 28.4 Å². The van der Waals surface area contributed by atoms with Crippen LogP contribution in [-0.4, -0.2) is 54.0 Å². The number of methoxy groups -OCH3 is 3. The molecule has 0 heterocycles. The van der Waals surface area contributed by atoms with E-state index >= 15 is 0 Å². The third-order valence-electron chi connectivity index (χ3n) is 4.88. The molecule has 0 radical (unpaired) electrons. The first kappa shape index (κ1) is 23.2. The van der Waals surface area contributed by atoms with E-state index in [9.17, 15) is 0 Å². The second-order valence-electron chi connectivity index (χ2n) is 6.76. The Morgan fingerprint density at radius 1 is 1.00 bits per heavy atom. The first-order valence-corrected chi connectivity index (χ1v) is 10.1. The molecule has 0 unspecified atom stereocenters. The molecule has 0 bridgehead atoms. The predicted molar refractivity (Wildman–Crippen MR) is 123 cm³/mol. The minimum absolute atomic E-state index is 0.540. The van der Waals surface area contributed by atoms with E-state index in [-0.39, 0.29) is 0 Å². The Labute approximate surface area is 180 Å². The number of guanidine groups is 1. The second-order valence-corrected chi connectivity index (χ2v) is 6.76. The molecule has 0 aliphatic rings. The van der Waals surface area contributed by atoms with E-state index in [1.165, 1.54) is 11.3 Å². The highest BCUT2D eigenvalue weighted by Gasteiger charge is 2.16. The van der Waals surface area contributed by atoms with Gasteiger partial charge in [0.25, 0.3) is 0 Å². The predicted octanol–water partition coefficient (Wildman–Crippen LogP) is 3.21. The fourth-order valence-electron chi connectivity index (χ4n) is 3.31. The topological polar surface area (TPSA) is 67.4 Å². The van der Waals surface area contributed by atoms with E-state index in [0.717, 1.165) is 31.2 Å². The van der Waals surface area contributed by atoms with Crippen LogP contribution in [0.4, 0.5) is 5.69 Å². The van der Waals surface area contributed by atoms with Crippen LogP contribution < -0.4 is 29.7 Å². The number of hydrogen-bond donors (Lipinski definition) is 2. The van der Waals surface area contributed by atoms with Gasteiger partial charge in [0, 0.05) is 44.5 Å². The fraction of sp³-hybridized carbons (Fsp3) is 0.435. The van der Waals surface area contributed by atoms with Gasteiger partial charge in [-0.25, -0.2) is 0 Å². The smallest absolute Gasteiger partial charge is 0.203 e. The maximum absolute atomic E-state index is 5.55. The Morgan fingerprint density at radius 3 is 2.37 bits per heavy atom. The number of nitrogens with zero attached hydrogens (tertiary/aromatic N) is 2. The maximum Gasteiger partial charge on any atom is 0.203 e. The van der Waals surface area contributed by atoms with Crippen LogP contribution in [0, 0.1) is 6.92 Å². The SMILES string of the molecule is CCN(CCNC(=NC)NCc1ccc(OC)c(OC)c1OC)c1cccc(C)c1. The van der Waals surface area contributed by atoms with Crippen molar-refractivity contribution in [1.29, 1.82) is 0 Å². The molecule has 7 nitrogen and oxygen atoms in total. The van der Waals surface area contributed by atoms with Crippen molar-refractivity contribution in [2.75, 3.05) is 52.9 Å². The summed E-state index contributed by atoms with van der Waals surface area (Å²) >= 11 is 0. The van der Waals surface area contributed by atoms with E-state index < -0.39 is 0 Å². The number of rotatable bonds is 10. The number of likely N-dealkylation sites (N-methyl/N-ethyl adjacent to an activating group) is 1. The molecule has 2 N–H and O–H groups in total. The summed E-state index contributed by atoms with van der Waals surface area (Å²) in [5.41, 5.74) is 3.45. The van der Waals surface area contributed by atoms with Gasteiger partial charge in [-0.3, -0.25) is 4.99 Å². The van der Waals surface area contributed by atoms with Crippen LogP contribution in [0.2, 0.25) is 0 Å². The molecule has 0 aliphatic carbocycles. The number of nitrogens with one attached hydrogen (secondary N) is 2. The van der Waals surface area contributed by atoms with E-state index in [4.69, 9.17) is 14.2 Å². The van der Waals surface area contributed by atoms with Crippen LogP contribution >= 0.6 is 0 Å². The lowest BCUT2D eigenvalue weighted by atomic mass is 10.1. The summed E-state index contributed by atoms with van der Waals surface area (Å²) in [5.74, 6) is 2.60. The Balaban J connectivity index is 1.95. The molecule has 0 aliphatic heterocycles. The van der Waals surface area contributed by atoms with E-state index in [0.29, 0.717) is 23.8 Å². The molecule has 2 rings (SSSR count). The van der Waals surface area contributed by atoms with Crippen molar-refractivity contribution in [3.63, 3.8) is 0 Å². The number of aliphatic imine (C=N–C) groups is 1. The number of ether oxygens (including phenoxy) is 3. The summed E-state index contributed by atoms with van der Waals surface area (Å²) in [6.45, 7) is 7.41. The van der Waals surface area contributed by atoms with Crippen molar-refractivity contribution >= 4 is 11.6 Å². The van der Waals surface area contributed by atoms with Gasteiger partial charge in [0.1, 0.15) is 0 Å². The van der Waals surface area contributed by atoms with Crippen LogP contribution in [-0.2, 0) is 6.54 Å². The van der Waals surface area contributed by atoms with Crippen LogP contribution in [0.15, 0.2) is 41.4 Å². The summed E-state index contributed by atoms with van der Waals surface area (Å²) in [6, 6.07) is 12.4. The van der Waals surface area contributed by atoms with Crippen molar-refractivity contribution in [3.05, 3.63) is 47.5 Å². The Morgan fingerprint density at radius 2 is 1.77 bits per heavy atom. The molecular weight excluding hydrogens is 380 g/mol. The maximum atomic E-state index is 5.55. The minimum atomic E-state index is 0.540. The van der Waals surface area contributed by atoms with Gasteiger partial charge in [-0.15, -0.1) is 0 Å². The molecule has 0 saturated carbocycles. The van der Waals surface area contributed by atoms with Gasteiger partial charge < -0.3 is 29.7 Å². The number of hydrogen-bond acceptors (Lipinski definition) is 5. The molecule has 0 spiro atoms. The molecule has 0 amide bonds. The van der Waals surface area contributed by atoms with Gasteiger partial charge in [-0.1, -0.05) is 12.1 Å². The van der Waals surface area contributed by atoms with Crippen molar-refractivity contribution in [3.8, 4) is 17.2 Å². The Hall–Kier alpha value is -3.09. The normalized spacial score (nSPS) is 11.1. The zero-order valence-corrected chi connectivity index (χ0v) is 18.9. The van der Waals surface area contributed by atoms with Gasteiger partial charge in [-0.05, 0) is 43.7 Å². The highest BCUT2D eigenvalue weighted by atomic mass is 16.5. The third kappa shape index (κ3) is 5.95. The second kappa shape index (κ2) is 11.8. The Bertz CT molecular complexity index is 839. The van der Waals surface area contributed by atoms with Crippen molar-refractivity contribution in [2.45, 2.75) is 20.4 Å². The number of benzene rings is 2. The molecule has 0 saturated heterocycles. The molecule has 30 heavy (non-hydrogen) atoms. The molecule has 164 valence electrons. The molecular formula is C23H34N4O3. The quantitative estimate of drug-likeness (QED) is 0.460. The minimum Gasteiger partial charge on any atom is -0.493 e. The molecule has 7 heteroatoms. The number of anilines is 1. The Kier molecular flexibility index (Phi) is 9.12. The van der Waals surface area contributed by atoms with Gasteiger partial charge >= 0.3 is 0 Å². The van der Waals surface area contributed by atoms with Gasteiger partial charge in [0.2, 0.25) is 5.75 Å². The summed E-state index contributed by atoms with van der Waals surface area (Å²) < 4.78 is 16.4. The number of aryl methyl sites for hydroxylation is 1. The zero-order chi connectivity index (χ0) is 21.9.